The first-order valence-corrected chi connectivity index (χ1v) is 14.7. The Bertz CT molecular complexity index is 1230. The quantitative estimate of drug-likeness (QED) is 0.387. The molecule has 0 bridgehead atoms. The van der Waals surface area contributed by atoms with Crippen molar-refractivity contribution in [3.63, 3.8) is 0 Å². The maximum atomic E-state index is 12.8. The molecule has 0 unspecified atom stereocenters. The molecule has 1 fully saturated rings. The first-order valence-electron chi connectivity index (χ1n) is 10.4. The van der Waals surface area contributed by atoms with Crippen LogP contribution in [0.25, 0.3) is 0 Å². The molecule has 0 saturated carbocycles. The molecule has 0 amide bonds. The molecule has 4 atom stereocenters. The van der Waals surface area contributed by atoms with Crippen LogP contribution in [0, 0.1) is 6.92 Å². The summed E-state index contributed by atoms with van der Waals surface area (Å²) in [5.41, 5.74) is 3.02. The molecule has 1 saturated heterocycles. The Morgan fingerprint density at radius 3 is 2.48 bits per heavy atom. The normalized spacial score (nSPS) is 29.7. The molecule has 3 rings (SSSR count). The number of aryl methyl sites for hydroxylation is 1. The second-order valence-corrected chi connectivity index (χ2v) is 16.1. The van der Waals surface area contributed by atoms with Crippen molar-refractivity contribution in [2.75, 3.05) is 6.61 Å². The average Bonchev–Trinajstić information content (AvgIpc) is 3.08. The number of hydrogen-bond donors (Lipinski definition) is 3. The maximum absolute atomic E-state index is 12.8. The molecule has 184 valence electrons. The molecular formula is C20H31N3O8SSi. The Morgan fingerprint density at radius 2 is 2.00 bits per heavy atom. The zero-order valence-electron chi connectivity index (χ0n) is 19.5. The fourth-order valence-electron chi connectivity index (χ4n) is 3.78. The molecule has 3 heterocycles. The van der Waals surface area contributed by atoms with Crippen molar-refractivity contribution < 1.29 is 26.9 Å². The van der Waals surface area contributed by atoms with Gasteiger partial charge in [-0.2, -0.15) is 8.42 Å². The van der Waals surface area contributed by atoms with E-state index in [1.54, 1.807) is 0 Å². The topological polar surface area (TPSA) is 163 Å². The number of allylic oxidation sites excluding steroid dienone is 1. The van der Waals surface area contributed by atoms with Crippen molar-refractivity contribution in [3.8, 4) is 0 Å². The van der Waals surface area contributed by atoms with Crippen molar-refractivity contribution in [2.45, 2.75) is 69.9 Å². The summed E-state index contributed by atoms with van der Waals surface area (Å²) in [6.07, 6.45) is -1.44. The van der Waals surface area contributed by atoms with E-state index >= 15 is 0 Å². The number of hydrogen-bond acceptors (Lipinski definition) is 9. The smallest absolute Gasteiger partial charge is 0.330 e. The van der Waals surface area contributed by atoms with Gasteiger partial charge < -0.3 is 20.0 Å². The third kappa shape index (κ3) is 3.86. The Morgan fingerprint density at radius 1 is 1.39 bits per heavy atom. The highest BCUT2D eigenvalue weighted by Gasteiger charge is 2.68. The molecule has 2 aliphatic rings. The minimum absolute atomic E-state index is 0.223. The van der Waals surface area contributed by atoms with Gasteiger partial charge in [-0.05, 0) is 31.1 Å². The summed E-state index contributed by atoms with van der Waals surface area (Å²) in [5, 5.41) is 9.83. The largest absolute Gasteiger partial charge is 0.406 e. The lowest BCUT2D eigenvalue weighted by Crippen LogP contribution is -2.58. The van der Waals surface area contributed by atoms with Crippen LogP contribution in [-0.2, 0) is 23.5 Å². The number of nitrogens with zero attached hydrogens (tertiary/aromatic N) is 1. The summed E-state index contributed by atoms with van der Waals surface area (Å²) >= 11 is 0. The zero-order valence-corrected chi connectivity index (χ0v) is 21.4. The van der Waals surface area contributed by atoms with Crippen LogP contribution in [0.3, 0.4) is 0 Å². The van der Waals surface area contributed by atoms with E-state index in [4.69, 9.17) is 19.1 Å². The van der Waals surface area contributed by atoms with Crippen molar-refractivity contribution >= 4 is 18.4 Å². The number of aromatic nitrogens is 2. The van der Waals surface area contributed by atoms with Crippen molar-refractivity contribution in [2.24, 2.45) is 5.73 Å². The molecule has 1 spiro atoms. The molecule has 0 aliphatic carbocycles. The predicted molar refractivity (Wildman–Crippen MR) is 123 cm³/mol. The fourth-order valence-corrected chi connectivity index (χ4v) is 6.44. The Kier molecular flexibility index (Phi) is 6.22. The van der Waals surface area contributed by atoms with Crippen LogP contribution >= 0.6 is 0 Å². The molecule has 0 radical (unpaired) electrons. The van der Waals surface area contributed by atoms with Gasteiger partial charge in [0.25, 0.3) is 15.7 Å². The fraction of sp³-hybridized carbons (Fsp3) is 0.600. The van der Waals surface area contributed by atoms with Gasteiger partial charge in [0.2, 0.25) is 0 Å². The van der Waals surface area contributed by atoms with Gasteiger partial charge >= 0.3 is 5.69 Å². The molecular weight excluding hydrogens is 470 g/mol. The lowest BCUT2D eigenvalue weighted by molar-refractivity contribution is -0.0588. The van der Waals surface area contributed by atoms with E-state index in [1.165, 1.54) is 13.1 Å². The van der Waals surface area contributed by atoms with Crippen molar-refractivity contribution in [1.29, 1.82) is 0 Å². The van der Waals surface area contributed by atoms with Crippen LogP contribution in [0.15, 0.2) is 39.0 Å². The summed E-state index contributed by atoms with van der Waals surface area (Å²) in [4.78, 5) is 26.5. The molecule has 13 heteroatoms. The number of nitrogens with two attached hydrogens (primary N) is 1. The molecule has 4 N–H and O–H groups in total. The standard InChI is InChI=1S/C20H31N3O8SSi/c1-8-12-14(21)20(31-32(12,27)28)13(10-24)29-17(15(20)30-33(6,7)19(3,4)5)23-9-11(2)16(25)22-18(23)26/h8-9,13,15,17,24H,1,10,21H2,2-7H3,(H,22,25,26)/t13-,15+,17-,20+/m1/s1. The van der Waals surface area contributed by atoms with Crippen LogP contribution in [0.4, 0.5) is 0 Å². The average molecular weight is 502 g/mol. The molecule has 1 aromatic heterocycles. The van der Waals surface area contributed by atoms with Gasteiger partial charge in [0, 0.05) is 11.8 Å². The highest BCUT2D eigenvalue weighted by atomic mass is 32.2. The third-order valence-corrected chi connectivity index (χ3v) is 12.5. The van der Waals surface area contributed by atoms with Crippen LogP contribution in [0.2, 0.25) is 18.1 Å². The molecule has 11 nitrogen and oxygen atoms in total. The zero-order chi connectivity index (χ0) is 25.1. The van der Waals surface area contributed by atoms with E-state index in [1.807, 2.05) is 33.9 Å². The van der Waals surface area contributed by atoms with Gasteiger partial charge in [-0.15, -0.1) is 0 Å². The van der Waals surface area contributed by atoms with E-state index in [-0.39, 0.29) is 21.2 Å². The number of rotatable bonds is 5. The third-order valence-electron chi connectivity index (χ3n) is 6.67. The van der Waals surface area contributed by atoms with Gasteiger partial charge in [0.05, 0.1) is 12.3 Å². The highest BCUT2D eigenvalue weighted by Crippen LogP contribution is 2.52. The molecule has 0 aromatic carbocycles. The van der Waals surface area contributed by atoms with Gasteiger partial charge in [-0.3, -0.25) is 14.3 Å². The van der Waals surface area contributed by atoms with Crippen LogP contribution in [0.1, 0.15) is 32.6 Å². The van der Waals surface area contributed by atoms with Gasteiger partial charge in [0.1, 0.15) is 17.1 Å². The van der Waals surface area contributed by atoms with E-state index in [0.717, 1.165) is 10.6 Å². The summed E-state index contributed by atoms with van der Waals surface area (Å²) in [7, 11) is -7.00. The Labute approximate surface area is 193 Å². The SMILES string of the molecule is C=CC1=C(N)[C@@]2(OS1(=O)=O)[C@@H](CO)O[C@@H](n1cc(C)c(=O)[nH]c1=O)[C@@H]2O[Si](C)(C)C(C)(C)C. The van der Waals surface area contributed by atoms with Crippen LogP contribution in [-0.4, -0.2) is 55.8 Å². The predicted octanol–water partition coefficient (Wildman–Crippen LogP) is 0.580. The minimum Gasteiger partial charge on any atom is -0.406 e. The highest BCUT2D eigenvalue weighted by molar-refractivity contribution is 7.91. The van der Waals surface area contributed by atoms with Crippen molar-refractivity contribution in [1.82, 2.24) is 9.55 Å². The van der Waals surface area contributed by atoms with E-state index in [0.29, 0.717) is 0 Å². The number of H-pyrrole nitrogens is 1. The lowest BCUT2D eigenvalue weighted by atomic mass is 9.88. The second-order valence-electron chi connectivity index (χ2n) is 9.79. The first kappa shape index (κ1) is 25.6. The van der Waals surface area contributed by atoms with Gasteiger partial charge in [0.15, 0.2) is 20.1 Å². The first-order chi connectivity index (χ1) is 15.0. The van der Waals surface area contributed by atoms with Crippen molar-refractivity contribution in [3.05, 3.63) is 55.9 Å². The van der Waals surface area contributed by atoms with Gasteiger partial charge in [-0.1, -0.05) is 27.4 Å². The number of aliphatic hydroxyl groups is 1. The summed E-state index contributed by atoms with van der Waals surface area (Å²) in [6.45, 7) is 14.2. The molecule has 33 heavy (non-hydrogen) atoms. The Balaban J connectivity index is 2.32. The summed E-state index contributed by atoms with van der Waals surface area (Å²) < 4.78 is 44.9. The number of aliphatic hydroxyl groups excluding tert-OH is 1. The number of ether oxygens (including phenoxy) is 1. The Hall–Kier alpha value is -2.03. The lowest BCUT2D eigenvalue weighted by Gasteiger charge is -2.43. The minimum atomic E-state index is -4.34. The maximum Gasteiger partial charge on any atom is 0.330 e. The monoisotopic (exact) mass is 501 g/mol. The van der Waals surface area contributed by atoms with Gasteiger partial charge in [-0.25, -0.2) is 8.98 Å². The van der Waals surface area contributed by atoms with E-state index < -0.39 is 60.3 Å². The number of nitrogens with one attached hydrogen (secondary N) is 1. The second kappa shape index (κ2) is 8.03. The summed E-state index contributed by atoms with van der Waals surface area (Å²) in [6, 6.07) is 0. The molecule has 1 aromatic rings. The van der Waals surface area contributed by atoms with Crippen LogP contribution < -0.4 is 17.0 Å². The number of aromatic amines is 1. The van der Waals surface area contributed by atoms with Crippen LogP contribution in [0.5, 0.6) is 0 Å². The summed E-state index contributed by atoms with van der Waals surface area (Å²) in [5.74, 6) is 0. The molecule has 2 aliphatic heterocycles. The van der Waals surface area contributed by atoms with E-state index in [9.17, 15) is 23.1 Å². The van der Waals surface area contributed by atoms with E-state index in [2.05, 4.69) is 11.6 Å².